The van der Waals surface area contributed by atoms with Gasteiger partial charge in [-0.25, -0.2) is 16.8 Å². The largest absolute Gasteiger partial charge is 0.224 e. The van der Waals surface area contributed by atoms with Crippen molar-refractivity contribution < 1.29 is 16.8 Å². The van der Waals surface area contributed by atoms with Crippen LogP contribution in [0, 0.1) is 0 Å². The number of sulfone groups is 2. The lowest BCUT2D eigenvalue weighted by Crippen LogP contribution is -2.25. The summed E-state index contributed by atoms with van der Waals surface area (Å²) >= 11 is 4.09. The van der Waals surface area contributed by atoms with Crippen LogP contribution in [-0.4, -0.2) is 28.3 Å². The molecule has 0 saturated carbocycles. The molecule has 23 heavy (non-hydrogen) atoms. The molecule has 0 unspecified atom stereocenters. The van der Waals surface area contributed by atoms with E-state index in [1.54, 1.807) is 0 Å². The average molecular weight is 403 g/mol. The molecule has 0 bridgehead atoms. The van der Waals surface area contributed by atoms with Crippen molar-refractivity contribution in [3.63, 3.8) is 0 Å². The third-order valence-electron chi connectivity index (χ3n) is 3.56. The first-order valence-corrected chi connectivity index (χ1v) is 12.5. The van der Waals surface area contributed by atoms with E-state index in [9.17, 15) is 16.8 Å². The highest BCUT2D eigenvalue weighted by Crippen LogP contribution is 2.50. The molecular formula is C14H10O4S5. The Morgan fingerprint density at radius 2 is 1.17 bits per heavy atom. The molecule has 0 saturated heterocycles. The third-order valence-corrected chi connectivity index (χ3v) is 11.0. The van der Waals surface area contributed by atoms with Crippen molar-refractivity contribution in [2.75, 3.05) is 11.5 Å². The maximum atomic E-state index is 12.6. The van der Waals surface area contributed by atoms with E-state index in [2.05, 4.69) is 0 Å². The summed E-state index contributed by atoms with van der Waals surface area (Å²) in [6.45, 7) is 0. The maximum absolute atomic E-state index is 12.6. The van der Waals surface area contributed by atoms with Gasteiger partial charge in [0.1, 0.15) is 9.79 Å². The van der Waals surface area contributed by atoms with Crippen LogP contribution in [0.25, 0.3) is 19.5 Å². The van der Waals surface area contributed by atoms with Crippen LogP contribution in [0.5, 0.6) is 0 Å². The normalized spacial score (nSPS) is 18.6. The molecule has 4 heterocycles. The van der Waals surface area contributed by atoms with Crippen LogP contribution in [0.3, 0.4) is 0 Å². The van der Waals surface area contributed by atoms with Crippen LogP contribution in [0.4, 0.5) is 0 Å². The summed E-state index contributed by atoms with van der Waals surface area (Å²) in [6.07, 6.45) is 0. The smallest absolute Gasteiger partial charge is 0.182 e. The molecule has 0 radical (unpaired) electrons. The SMILES string of the molecule is O=S1(=O)CCS(=O)(=O)c2c(-c3cccs3)sc(-c3cccs3)c21. The summed E-state index contributed by atoms with van der Waals surface area (Å²) in [4.78, 5) is 2.66. The van der Waals surface area contributed by atoms with Crippen molar-refractivity contribution >= 4 is 53.7 Å². The fourth-order valence-corrected chi connectivity index (χ4v) is 11.1. The summed E-state index contributed by atoms with van der Waals surface area (Å²) in [7, 11) is -7.19. The second-order valence-corrected chi connectivity index (χ2v) is 12.0. The quantitative estimate of drug-likeness (QED) is 0.654. The second-order valence-electron chi connectivity index (χ2n) is 5.01. The first kappa shape index (κ1) is 15.5. The van der Waals surface area contributed by atoms with E-state index < -0.39 is 19.7 Å². The van der Waals surface area contributed by atoms with Crippen molar-refractivity contribution in [2.45, 2.75) is 9.79 Å². The molecule has 0 atom stereocenters. The van der Waals surface area contributed by atoms with Crippen molar-refractivity contribution in [3.8, 4) is 19.5 Å². The van der Waals surface area contributed by atoms with Crippen LogP contribution in [0.15, 0.2) is 44.8 Å². The van der Waals surface area contributed by atoms with E-state index in [0.29, 0.717) is 9.75 Å². The van der Waals surface area contributed by atoms with Gasteiger partial charge in [-0.15, -0.1) is 34.0 Å². The zero-order chi connectivity index (χ0) is 16.2. The third kappa shape index (κ3) is 2.42. The van der Waals surface area contributed by atoms with Gasteiger partial charge in [0.15, 0.2) is 19.7 Å². The van der Waals surface area contributed by atoms with Gasteiger partial charge in [0.05, 0.1) is 21.3 Å². The fraction of sp³-hybridized carbons (Fsp3) is 0.143. The van der Waals surface area contributed by atoms with E-state index >= 15 is 0 Å². The van der Waals surface area contributed by atoms with Gasteiger partial charge in [0.25, 0.3) is 0 Å². The number of hydrogen-bond acceptors (Lipinski definition) is 7. The van der Waals surface area contributed by atoms with Gasteiger partial charge in [-0.05, 0) is 22.9 Å². The number of thiophene rings is 3. The molecular weight excluding hydrogens is 392 g/mol. The Kier molecular flexibility index (Phi) is 3.54. The molecule has 0 N–H and O–H groups in total. The summed E-state index contributed by atoms with van der Waals surface area (Å²) in [5.41, 5.74) is 0. The van der Waals surface area contributed by atoms with Crippen LogP contribution >= 0.6 is 34.0 Å². The van der Waals surface area contributed by atoms with Crippen molar-refractivity contribution in [1.29, 1.82) is 0 Å². The molecule has 0 fully saturated rings. The van der Waals surface area contributed by atoms with Gasteiger partial charge in [0.2, 0.25) is 0 Å². The summed E-state index contributed by atoms with van der Waals surface area (Å²) in [5.74, 6) is -0.692. The first-order chi connectivity index (χ1) is 10.9. The summed E-state index contributed by atoms with van der Waals surface area (Å²) < 4.78 is 50.4. The maximum Gasteiger partial charge on any atom is 0.182 e. The lowest BCUT2D eigenvalue weighted by Gasteiger charge is -2.15. The Labute approximate surface area is 145 Å². The molecule has 3 aromatic rings. The minimum absolute atomic E-state index is 0.000370. The molecule has 3 aromatic heterocycles. The molecule has 0 aliphatic carbocycles. The molecule has 0 spiro atoms. The highest BCUT2D eigenvalue weighted by Gasteiger charge is 2.41. The van der Waals surface area contributed by atoms with Gasteiger partial charge in [-0.3, -0.25) is 0 Å². The highest BCUT2D eigenvalue weighted by atomic mass is 32.2. The lowest BCUT2D eigenvalue weighted by molar-refractivity contribution is 0.577. The van der Waals surface area contributed by atoms with Crippen molar-refractivity contribution in [3.05, 3.63) is 35.0 Å². The Balaban J connectivity index is 2.16. The molecule has 120 valence electrons. The minimum atomic E-state index is -3.60. The molecule has 4 rings (SSSR count). The van der Waals surface area contributed by atoms with Gasteiger partial charge in [0, 0.05) is 9.75 Å². The Morgan fingerprint density at radius 3 is 1.52 bits per heavy atom. The molecule has 0 aromatic carbocycles. The van der Waals surface area contributed by atoms with Gasteiger partial charge >= 0.3 is 0 Å². The van der Waals surface area contributed by atoms with E-state index in [4.69, 9.17) is 0 Å². The van der Waals surface area contributed by atoms with Crippen molar-refractivity contribution in [2.24, 2.45) is 0 Å². The van der Waals surface area contributed by atoms with Crippen LogP contribution in [0.2, 0.25) is 0 Å². The second kappa shape index (κ2) is 5.25. The topological polar surface area (TPSA) is 68.3 Å². The zero-order valence-electron chi connectivity index (χ0n) is 11.6. The van der Waals surface area contributed by atoms with Crippen LogP contribution < -0.4 is 0 Å². The predicted molar refractivity (Wildman–Crippen MR) is 95.1 cm³/mol. The molecule has 1 aliphatic rings. The lowest BCUT2D eigenvalue weighted by atomic mass is 10.3. The van der Waals surface area contributed by atoms with E-state index in [1.165, 1.54) is 34.0 Å². The number of hydrogen-bond donors (Lipinski definition) is 0. The molecule has 4 nitrogen and oxygen atoms in total. The number of fused-ring (bicyclic) bond motifs is 1. The van der Waals surface area contributed by atoms with E-state index in [-0.39, 0.29) is 21.3 Å². The average Bonchev–Trinajstić information content (AvgIpc) is 3.20. The number of rotatable bonds is 2. The molecule has 0 amide bonds. The molecule has 9 heteroatoms. The minimum Gasteiger partial charge on any atom is -0.224 e. The van der Waals surface area contributed by atoms with Gasteiger partial charge in [-0.2, -0.15) is 0 Å². The molecule has 1 aliphatic heterocycles. The highest BCUT2D eigenvalue weighted by molar-refractivity contribution is 7.98. The fourth-order valence-electron chi connectivity index (χ4n) is 2.53. The van der Waals surface area contributed by atoms with Crippen LogP contribution in [0.1, 0.15) is 0 Å². The predicted octanol–water partition coefficient (Wildman–Crippen LogP) is 3.77. The summed E-state index contributed by atoms with van der Waals surface area (Å²) in [6, 6.07) is 7.32. The Hall–Kier alpha value is -1.00. The summed E-state index contributed by atoms with van der Waals surface area (Å²) in [5, 5.41) is 3.71. The van der Waals surface area contributed by atoms with Crippen LogP contribution in [-0.2, 0) is 19.7 Å². The standard InChI is InChI=1S/C14H10O4S5/c15-22(16)7-8-23(17,18)14-12(10-4-2-6-20-10)21-11(13(14)22)9-3-1-5-19-9/h1-6H,7-8H2. The zero-order valence-corrected chi connectivity index (χ0v) is 15.6. The van der Waals surface area contributed by atoms with Crippen molar-refractivity contribution in [1.82, 2.24) is 0 Å². The van der Waals surface area contributed by atoms with Gasteiger partial charge < -0.3 is 0 Å². The van der Waals surface area contributed by atoms with E-state index in [1.807, 2.05) is 35.0 Å². The Morgan fingerprint density at radius 1 is 0.739 bits per heavy atom. The first-order valence-electron chi connectivity index (χ1n) is 6.60. The monoisotopic (exact) mass is 402 g/mol. The van der Waals surface area contributed by atoms with Gasteiger partial charge in [-0.1, -0.05) is 12.1 Å². The Bertz CT molecular complexity index is 982. The van der Waals surface area contributed by atoms with E-state index in [0.717, 1.165) is 9.75 Å².